The van der Waals surface area contributed by atoms with Gasteiger partial charge in [-0.15, -0.1) is 0 Å². The predicted octanol–water partition coefficient (Wildman–Crippen LogP) is 1.89. The third-order valence-corrected chi connectivity index (χ3v) is 3.07. The van der Waals surface area contributed by atoms with Crippen molar-refractivity contribution in [3.8, 4) is 0 Å². The van der Waals surface area contributed by atoms with Crippen molar-refractivity contribution in [2.45, 2.75) is 39.2 Å². The Morgan fingerprint density at radius 3 is 2.11 bits per heavy atom. The van der Waals surface area contributed by atoms with Gasteiger partial charge in [0.2, 0.25) is 0 Å². The standard InChI is InChI=1S/C14H27N5/c1-6-8-18(4)12-10-13(17-11-16-12)19(5)9-7-14(2,3)15/h10-11H,6-9,15H2,1-5H3. The molecular formula is C14H27N5. The molecule has 5 heteroatoms. The summed E-state index contributed by atoms with van der Waals surface area (Å²) in [4.78, 5) is 12.9. The van der Waals surface area contributed by atoms with Crippen LogP contribution >= 0.6 is 0 Å². The molecule has 0 radical (unpaired) electrons. The van der Waals surface area contributed by atoms with Crippen LogP contribution in [0.4, 0.5) is 11.6 Å². The Balaban J connectivity index is 2.70. The van der Waals surface area contributed by atoms with Crippen molar-refractivity contribution in [3.63, 3.8) is 0 Å². The molecule has 0 unspecified atom stereocenters. The van der Waals surface area contributed by atoms with E-state index in [4.69, 9.17) is 5.73 Å². The predicted molar refractivity (Wildman–Crippen MR) is 81.7 cm³/mol. The van der Waals surface area contributed by atoms with Gasteiger partial charge < -0.3 is 15.5 Å². The second kappa shape index (κ2) is 6.70. The van der Waals surface area contributed by atoms with Gasteiger partial charge in [-0.3, -0.25) is 0 Å². The van der Waals surface area contributed by atoms with E-state index in [1.54, 1.807) is 6.33 Å². The minimum absolute atomic E-state index is 0.150. The molecule has 108 valence electrons. The van der Waals surface area contributed by atoms with Crippen LogP contribution in [0, 0.1) is 0 Å². The molecule has 0 saturated heterocycles. The maximum atomic E-state index is 6.01. The van der Waals surface area contributed by atoms with Crippen LogP contribution in [0.1, 0.15) is 33.6 Å². The van der Waals surface area contributed by atoms with Gasteiger partial charge in [-0.2, -0.15) is 0 Å². The molecule has 2 N–H and O–H groups in total. The third kappa shape index (κ3) is 5.42. The van der Waals surface area contributed by atoms with Crippen molar-refractivity contribution >= 4 is 11.6 Å². The summed E-state index contributed by atoms with van der Waals surface area (Å²) in [5.41, 5.74) is 5.86. The number of hydrogen-bond donors (Lipinski definition) is 1. The second-order valence-corrected chi connectivity index (χ2v) is 5.82. The van der Waals surface area contributed by atoms with Crippen LogP contribution in [0.3, 0.4) is 0 Å². The van der Waals surface area contributed by atoms with Crippen LogP contribution in [0.15, 0.2) is 12.4 Å². The summed E-state index contributed by atoms with van der Waals surface area (Å²) in [5, 5.41) is 0. The highest BCUT2D eigenvalue weighted by atomic mass is 15.2. The minimum atomic E-state index is -0.150. The molecule has 1 aromatic rings. The lowest BCUT2D eigenvalue weighted by Crippen LogP contribution is -2.36. The molecule has 0 amide bonds. The summed E-state index contributed by atoms with van der Waals surface area (Å²) in [6.45, 7) is 8.13. The van der Waals surface area contributed by atoms with E-state index in [0.29, 0.717) is 0 Å². The average molecular weight is 265 g/mol. The van der Waals surface area contributed by atoms with Gasteiger partial charge in [0.25, 0.3) is 0 Å². The van der Waals surface area contributed by atoms with E-state index >= 15 is 0 Å². The number of nitrogens with two attached hydrogens (primary N) is 1. The van der Waals surface area contributed by atoms with Gasteiger partial charge in [0.15, 0.2) is 0 Å². The maximum Gasteiger partial charge on any atom is 0.133 e. The molecule has 0 aliphatic rings. The van der Waals surface area contributed by atoms with Crippen LogP contribution in [0.25, 0.3) is 0 Å². The zero-order valence-electron chi connectivity index (χ0n) is 12.8. The normalized spacial score (nSPS) is 11.5. The largest absolute Gasteiger partial charge is 0.360 e. The summed E-state index contributed by atoms with van der Waals surface area (Å²) in [6.07, 6.45) is 3.65. The first-order valence-electron chi connectivity index (χ1n) is 6.86. The van der Waals surface area contributed by atoms with E-state index in [1.165, 1.54) is 0 Å². The number of aromatic nitrogens is 2. The quantitative estimate of drug-likeness (QED) is 0.816. The zero-order valence-corrected chi connectivity index (χ0v) is 12.8. The Morgan fingerprint density at radius 2 is 1.63 bits per heavy atom. The lowest BCUT2D eigenvalue weighted by atomic mass is 10.0. The van der Waals surface area contributed by atoms with Gasteiger partial charge in [-0.1, -0.05) is 6.92 Å². The van der Waals surface area contributed by atoms with E-state index in [1.807, 2.05) is 27.0 Å². The summed E-state index contributed by atoms with van der Waals surface area (Å²) < 4.78 is 0. The van der Waals surface area contributed by atoms with Crippen LogP contribution in [0.2, 0.25) is 0 Å². The van der Waals surface area contributed by atoms with E-state index in [-0.39, 0.29) is 5.54 Å². The van der Waals surface area contributed by atoms with Crippen molar-refractivity contribution < 1.29 is 0 Å². The molecule has 0 aromatic carbocycles. The van der Waals surface area contributed by atoms with Crippen LogP contribution in [-0.4, -0.2) is 42.7 Å². The highest BCUT2D eigenvalue weighted by Crippen LogP contribution is 2.17. The van der Waals surface area contributed by atoms with E-state index in [2.05, 4.69) is 33.7 Å². The van der Waals surface area contributed by atoms with Crippen LogP contribution in [0.5, 0.6) is 0 Å². The molecule has 0 atom stereocenters. The number of hydrogen-bond acceptors (Lipinski definition) is 5. The molecular weight excluding hydrogens is 238 g/mol. The fraction of sp³-hybridized carbons (Fsp3) is 0.714. The Kier molecular flexibility index (Phi) is 5.54. The Hall–Kier alpha value is -1.36. The minimum Gasteiger partial charge on any atom is -0.360 e. The van der Waals surface area contributed by atoms with Gasteiger partial charge in [0.1, 0.15) is 18.0 Å². The monoisotopic (exact) mass is 265 g/mol. The number of rotatable bonds is 7. The Bertz CT molecular complexity index is 386. The molecule has 19 heavy (non-hydrogen) atoms. The summed E-state index contributed by atoms with van der Waals surface area (Å²) in [5.74, 6) is 1.91. The molecule has 5 nitrogen and oxygen atoms in total. The van der Waals surface area contributed by atoms with Crippen LogP contribution < -0.4 is 15.5 Å². The first-order valence-corrected chi connectivity index (χ1v) is 6.86. The van der Waals surface area contributed by atoms with Crippen molar-refractivity contribution in [2.75, 3.05) is 37.0 Å². The first-order chi connectivity index (χ1) is 8.83. The molecule has 0 bridgehead atoms. The van der Waals surface area contributed by atoms with E-state index < -0.39 is 0 Å². The Morgan fingerprint density at radius 1 is 1.11 bits per heavy atom. The summed E-state index contributed by atoms with van der Waals surface area (Å²) in [6, 6.07) is 2.03. The van der Waals surface area contributed by atoms with Crippen molar-refractivity contribution in [3.05, 3.63) is 12.4 Å². The smallest absolute Gasteiger partial charge is 0.133 e. The van der Waals surface area contributed by atoms with Crippen molar-refractivity contribution in [2.24, 2.45) is 5.73 Å². The Labute approximate surface area is 116 Å². The average Bonchev–Trinajstić information content (AvgIpc) is 2.35. The molecule has 0 aliphatic heterocycles. The zero-order chi connectivity index (χ0) is 14.5. The van der Waals surface area contributed by atoms with Gasteiger partial charge in [0, 0.05) is 38.8 Å². The molecule has 1 aromatic heterocycles. The van der Waals surface area contributed by atoms with E-state index in [9.17, 15) is 0 Å². The van der Waals surface area contributed by atoms with Gasteiger partial charge in [0.05, 0.1) is 0 Å². The first kappa shape index (κ1) is 15.7. The van der Waals surface area contributed by atoms with Gasteiger partial charge in [-0.25, -0.2) is 9.97 Å². The summed E-state index contributed by atoms with van der Waals surface area (Å²) in [7, 11) is 4.09. The molecule has 0 aliphatic carbocycles. The molecule has 1 rings (SSSR count). The van der Waals surface area contributed by atoms with Gasteiger partial charge in [-0.05, 0) is 26.7 Å². The summed E-state index contributed by atoms with van der Waals surface area (Å²) >= 11 is 0. The second-order valence-electron chi connectivity index (χ2n) is 5.82. The SMILES string of the molecule is CCCN(C)c1cc(N(C)CCC(C)(C)N)ncn1. The fourth-order valence-corrected chi connectivity index (χ4v) is 1.78. The number of nitrogens with zero attached hydrogens (tertiary/aromatic N) is 4. The number of anilines is 2. The molecule has 0 fully saturated rings. The highest BCUT2D eigenvalue weighted by molar-refractivity contribution is 5.49. The molecule has 1 heterocycles. The third-order valence-electron chi connectivity index (χ3n) is 3.07. The van der Waals surface area contributed by atoms with Crippen molar-refractivity contribution in [1.29, 1.82) is 0 Å². The molecule has 0 spiro atoms. The van der Waals surface area contributed by atoms with Crippen molar-refractivity contribution in [1.82, 2.24) is 9.97 Å². The maximum absolute atomic E-state index is 6.01. The topological polar surface area (TPSA) is 58.3 Å². The highest BCUT2D eigenvalue weighted by Gasteiger charge is 2.13. The van der Waals surface area contributed by atoms with Crippen LogP contribution in [-0.2, 0) is 0 Å². The van der Waals surface area contributed by atoms with Gasteiger partial charge >= 0.3 is 0 Å². The molecule has 0 saturated carbocycles. The lowest BCUT2D eigenvalue weighted by molar-refractivity contribution is 0.478. The fourth-order valence-electron chi connectivity index (χ4n) is 1.78. The van der Waals surface area contributed by atoms with E-state index in [0.717, 1.165) is 37.6 Å². The lowest BCUT2D eigenvalue weighted by Gasteiger charge is -2.25.